The van der Waals surface area contributed by atoms with Crippen LogP contribution in [-0.4, -0.2) is 40.1 Å². The minimum atomic E-state index is -1.13. The lowest BCUT2D eigenvalue weighted by atomic mass is 9.98. The Bertz CT molecular complexity index is 1630. The normalized spacial score (nSPS) is 12.2. The molecule has 1 atom stereocenters. The number of aryl methyl sites for hydroxylation is 1. The first-order chi connectivity index (χ1) is 18.6. The van der Waals surface area contributed by atoms with Crippen molar-refractivity contribution in [3.8, 4) is 22.5 Å². The summed E-state index contributed by atoms with van der Waals surface area (Å²) in [5.41, 5.74) is 4.47. The molecule has 2 heterocycles. The predicted molar refractivity (Wildman–Crippen MR) is 150 cm³/mol. The van der Waals surface area contributed by atoms with Gasteiger partial charge in [0.05, 0.1) is 28.2 Å². The van der Waals surface area contributed by atoms with Crippen molar-refractivity contribution in [3.63, 3.8) is 0 Å². The van der Waals surface area contributed by atoms with Crippen molar-refractivity contribution in [2.75, 3.05) is 5.75 Å². The summed E-state index contributed by atoms with van der Waals surface area (Å²) in [6, 6.07) is 21.5. The highest BCUT2D eigenvalue weighted by Crippen LogP contribution is 2.30. The second kappa shape index (κ2) is 11.6. The van der Waals surface area contributed by atoms with Crippen LogP contribution in [0.25, 0.3) is 33.4 Å². The number of nitrogens with one attached hydrogen (secondary N) is 1. The summed E-state index contributed by atoms with van der Waals surface area (Å²) in [6.45, 7) is 4.54. The van der Waals surface area contributed by atoms with Gasteiger partial charge in [0.15, 0.2) is 0 Å². The number of hydrogen-bond acceptors (Lipinski definition) is 6. The first-order valence-electron chi connectivity index (χ1n) is 12.9. The lowest BCUT2D eigenvalue weighted by Crippen LogP contribution is -2.26. The number of H-pyrrole nitrogens is 1. The van der Waals surface area contributed by atoms with Gasteiger partial charge in [-0.15, -0.1) is 10.2 Å². The third-order valence-electron chi connectivity index (χ3n) is 6.53. The van der Waals surface area contributed by atoms with Crippen LogP contribution in [0.15, 0.2) is 76.4 Å². The van der Waals surface area contributed by atoms with Crippen LogP contribution in [-0.2, 0) is 23.8 Å². The van der Waals surface area contributed by atoms with Crippen LogP contribution >= 0.6 is 0 Å². The maximum Gasteiger partial charge on any atom is 0.261 e. The number of aromatic amines is 1. The van der Waals surface area contributed by atoms with Gasteiger partial charge in [0.2, 0.25) is 5.82 Å². The summed E-state index contributed by atoms with van der Waals surface area (Å²) in [5, 5.41) is 15.0. The second-order valence-corrected chi connectivity index (χ2v) is 10.8. The Hall–Kier alpha value is -3.98. The Morgan fingerprint density at radius 2 is 1.74 bits per heavy atom. The van der Waals surface area contributed by atoms with Crippen molar-refractivity contribution in [2.45, 2.75) is 51.0 Å². The summed E-state index contributed by atoms with van der Waals surface area (Å²) in [6.07, 6.45) is 3.50. The van der Waals surface area contributed by atoms with Gasteiger partial charge in [0, 0.05) is 22.6 Å². The Labute approximate surface area is 223 Å². The zero-order valence-electron chi connectivity index (χ0n) is 21.6. The van der Waals surface area contributed by atoms with Crippen molar-refractivity contribution in [3.05, 3.63) is 88.5 Å². The number of fused-ring (bicyclic) bond motifs is 1. The standard InChI is InChI=1S/C29H30N6O2S/c1-3-5-10-27-30-26-16-15-22(38(37)17-4-2)18-25(26)29(36)35(27)19-20-11-13-21(14-12-20)23-8-6-7-9-24(23)28-31-33-34-32-28/h6-9,11-16,18H,3-5,10,17,19H2,1-2H3,(H,31,32,33,34). The fourth-order valence-electron chi connectivity index (χ4n) is 4.56. The molecule has 3 aromatic carbocycles. The highest BCUT2D eigenvalue weighted by Gasteiger charge is 2.15. The van der Waals surface area contributed by atoms with E-state index in [1.807, 2.05) is 67.6 Å². The molecule has 1 N–H and O–H groups in total. The van der Waals surface area contributed by atoms with Crippen LogP contribution in [0.1, 0.15) is 44.5 Å². The highest BCUT2D eigenvalue weighted by molar-refractivity contribution is 7.85. The molecule has 0 fully saturated rings. The summed E-state index contributed by atoms with van der Waals surface area (Å²) < 4.78 is 14.4. The maximum absolute atomic E-state index is 13.7. The molecule has 0 aliphatic heterocycles. The van der Waals surface area contributed by atoms with Gasteiger partial charge in [-0.1, -0.05) is 68.8 Å². The van der Waals surface area contributed by atoms with Gasteiger partial charge in [-0.2, -0.15) is 5.21 Å². The molecule has 0 radical (unpaired) electrons. The number of rotatable bonds is 10. The molecule has 0 spiro atoms. The molecule has 8 nitrogen and oxygen atoms in total. The van der Waals surface area contributed by atoms with Gasteiger partial charge in [-0.3, -0.25) is 13.6 Å². The molecule has 1 unspecified atom stereocenters. The van der Waals surface area contributed by atoms with E-state index in [4.69, 9.17) is 4.98 Å². The molecule has 38 heavy (non-hydrogen) atoms. The summed E-state index contributed by atoms with van der Waals surface area (Å²) in [4.78, 5) is 19.3. The SMILES string of the molecule is CCCCc1nc2ccc(S(=O)CCC)cc2c(=O)n1Cc1ccc(-c2ccccc2-c2nn[nH]n2)cc1. The van der Waals surface area contributed by atoms with E-state index >= 15 is 0 Å². The van der Waals surface area contributed by atoms with Crippen LogP contribution in [0.4, 0.5) is 0 Å². The summed E-state index contributed by atoms with van der Waals surface area (Å²) >= 11 is 0. The van der Waals surface area contributed by atoms with Crippen LogP contribution < -0.4 is 5.56 Å². The lowest BCUT2D eigenvalue weighted by molar-refractivity contribution is 0.646. The Morgan fingerprint density at radius 3 is 2.45 bits per heavy atom. The molecule has 5 aromatic rings. The van der Waals surface area contributed by atoms with Gasteiger partial charge in [0.25, 0.3) is 5.56 Å². The third kappa shape index (κ3) is 5.33. The van der Waals surface area contributed by atoms with E-state index in [-0.39, 0.29) is 5.56 Å². The molecule has 0 bridgehead atoms. The number of benzene rings is 3. The maximum atomic E-state index is 13.7. The van der Waals surface area contributed by atoms with E-state index in [1.165, 1.54) is 0 Å². The average molecular weight is 527 g/mol. The number of unbranched alkanes of at least 4 members (excludes halogenated alkanes) is 1. The Kier molecular flexibility index (Phi) is 7.83. The molecule has 5 rings (SSSR count). The number of tetrazole rings is 1. The Morgan fingerprint density at radius 1 is 0.947 bits per heavy atom. The monoisotopic (exact) mass is 526 g/mol. The summed E-state index contributed by atoms with van der Waals surface area (Å²) in [5.74, 6) is 1.89. The first-order valence-corrected chi connectivity index (χ1v) is 14.2. The predicted octanol–water partition coefficient (Wildman–Crippen LogP) is 5.15. The number of hydrogen-bond donors (Lipinski definition) is 1. The lowest BCUT2D eigenvalue weighted by Gasteiger charge is -2.15. The van der Waals surface area contributed by atoms with Crippen molar-refractivity contribution >= 4 is 21.7 Å². The molecule has 0 aliphatic carbocycles. The van der Waals surface area contributed by atoms with Crippen molar-refractivity contribution in [1.29, 1.82) is 0 Å². The summed E-state index contributed by atoms with van der Waals surface area (Å²) in [7, 11) is -1.13. The number of nitrogens with zero attached hydrogens (tertiary/aromatic N) is 5. The highest BCUT2D eigenvalue weighted by atomic mass is 32.2. The van der Waals surface area contributed by atoms with Crippen molar-refractivity contribution in [1.82, 2.24) is 30.2 Å². The van der Waals surface area contributed by atoms with Crippen LogP contribution in [0.2, 0.25) is 0 Å². The fraction of sp³-hybridized carbons (Fsp3) is 0.276. The van der Waals surface area contributed by atoms with Gasteiger partial charge in [-0.25, -0.2) is 4.98 Å². The molecular formula is C29H30N6O2S. The van der Waals surface area contributed by atoms with Gasteiger partial charge < -0.3 is 0 Å². The molecule has 194 valence electrons. The molecule has 0 saturated carbocycles. The molecular weight excluding hydrogens is 496 g/mol. The number of aromatic nitrogens is 6. The minimum absolute atomic E-state index is 0.0945. The third-order valence-corrected chi connectivity index (χ3v) is 8.09. The zero-order chi connectivity index (χ0) is 26.5. The molecule has 0 saturated heterocycles. The van der Waals surface area contributed by atoms with Gasteiger partial charge in [-0.05, 0) is 52.9 Å². The van der Waals surface area contributed by atoms with Crippen molar-refractivity contribution < 1.29 is 4.21 Å². The van der Waals surface area contributed by atoms with E-state index in [0.717, 1.165) is 53.8 Å². The smallest absolute Gasteiger partial charge is 0.261 e. The largest absolute Gasteiger partial charge is 0.292 e. The van der Waals surface area contributed by atoms with Gasteiger partial charge >= 0.3 is 0 Å². The zero-order valence-corrected chi connectivity index (χ0v) is 22.4. The fourth-order valence-corrected chi connectivity index (χ4v) is 5.63. The van der Waals surface area contributed by atoms with E-state index in [2.05, 4.69) is 27.5 Å². The van der Waals surface area contributed by atoms with Crippen molar-refractivity contribution in [2.24, 2.45) is 0 Å². The average Bonchev–Trinajstić information content (AvgIpc) is 3.49. The van der Waals surface area contributed by atoms with E-state index in [0.29, 0.717) is 33.9 Å². The van der Waals surface area contributed by atoms with E-state index in [9.17, 15) is 9.00 Å². The Balaban J connectivity index is 1.51. The topological polar surface area (TPSA) is 106 Å². The van der Waals surface area contributed by atoms with Crippen LogP contribution in [0, 0.1) is 0 Å². The second-order valence-electron chi connectivity index (χ2n) is 9.23. The van der Waals surface area contributed by atoms with Crippen LogP contribution in [0.5, 0.6) is 0 Å². The quantitative estimate of drug-likeness (QED) is 0.270. The van der Waals surface area contributed by atoms with Gasteiger partial charge in [0.1, 0.15) is 5.82 Å². The van der Waals surface area contributed by atoms with E-state index in [1.54, 1.807) is 10.6 Å². The van der Waals surface area contributed by atoms with E-state index < -0.39 is 10.8 Å². The first kappa shape index (κ1) is 25.7. The molecule has 0 aliphatic rings. The molecule has 9 heteroatoms. The minimum Gasteiger partial charge on any atom is -0.292 e. The van der Waals surface area contributed by atoms with Crippen LogP contribution in [0.3, 0.4) is 0 Å². The molecule has 0 amide bonds. The molecule has 2 aromatic heterocycles.